The summed E-state index contributed by atoms with van der Waals surface area (Å²) >= 11 is 0. The van der Waals surface area contributed by atoms with Crippen molar-refractivity contribution in [1.29, 1.82) is 5.26 Å². The van der Waals surface area contributed by atoms with Gasteiger partial charge in [0.1, 0.15) is 12.2 Å². The SMILES string of the molecule is CNC1CCCCC1Oc1cnc(C#N)cn1. The monoisotopic (exact) mass is 232 g/mol. The molecular weight excluding hydrogens is 216 g/mol. The molecule has 90 valence electrons. The second-order valence-electron chi connectivity index (χ2n) is 4.19. The summed E-state index contributed by atoms with van der Waals surface area (Å²) in [5, 5.41) is 11.9. The van der Waals surface area contributed by atoms with Crippen LogP contribution in [-0.2, 0) is 0 Å². The van der Waals surface area contributed by atoms with Crippen LogP contribution >= 0.6 is 0 Å². The number of aromatic nitrogens is 2. The molecule has 1 aromatic heterocycles. The summed E-state index contributed by atoms with van der Waals surface area (Å²) in [5.74, 6) is 0.496. The summed E-state index contributed by atoms with van der Waals surface area (Å²) in [5.41, 5.74) is 0.311. The summed E-state index contributed by atoms with van der Waals surface area (Å²) in [6, 6.07) is 2.31. The molecule has 5 heteroatoms. The van der Waals surface area contributed by atoms with Gasteiger partial charge in [0.2, 0.25) is 5.88 Å². The maximum absolute atomic E-state index is 8.63. The molecule has 0 bridgehead atoms. The molecule has 1 aliphatic carbocycles. The first-order valence-electron chi connectivity index (χ1n) is 5.89. The van der Waals surface area contributed by atoms with Crippen LogP contribution in [0.15, 0.2) is 12.4 Å². The van der Waals surface area contributed by atoms with Gasteiger partial charge in [-0.3, -0.25) is 0 Å². The van der Waals surface area contributed by atoms with Gasteiger partial charge in [-0.25, -0.2) is 9.97 Å². The Kier molecular flexibility index (Phi) is 3.89. The number of likely N-dealkylation sites (N-methyl/N-ethyl adjacent to an activating group) is 1. The smallest absolute Gasteiger partial charge is 0.232 e. The van der Waals surface area contributed by atoms with E-state index in [-0.39, 0.29) is 6.10 Å². The van der Waals surface area contributed by atoms with Gasteiger partial charge in [-0.15, -0.1) is 0 Å². The van der Waals surface area contributed by atoms with Gasteiger partial charge in [-0.2, -0.15) is 5.26 Å². The molecule has 5 nitrogen and oxygen atoms in total. The molecule has 1 fully saturated rings. The lowest BCUT2D eigenvalue weighted by Crippen LogP contribution is -2.43. The van der Waals surface area contributed by atoms with Gasteiger partial charge in [0.05, 0.1) is 12.4 Å². The van der Waals surface area contributed by atoms with Crippen LogP contribution in [0.4, 0.5) is 0 Å². The predicted octanol–water partition coefficient (Wildman–Crippen LogP) is 1.26. The van der Waals surface area contributed by atoms with Gasteiger partial charge < -0.3 is 10.1 Å². The minimum Gasteiger partial charge on any atom is -0.472 e. The number of hydrogen-bond donors (Lipinski definition) is 1. The standard InChI is InChI=1S/C12H16N4O/c1-14-10-4-2-3-5-11(10)17-12-8-15-9(6-13)7-16-12/h7-8,10-11,14H,2-5H2,1H3. The zero-order valence-corrected chi connectivity index (χ0v) is 9.89. The topological polar surface area (TPSA) is 70.8 Å². The van der Waals surface area contributed by atoms with E-state index in [1.165, 1.54) is 25.2 Å². The van der Waals surface area contributed by atoms with Gasteiger partial charge in [0.15, 0.2) is 5.69 Å². The Morgan fingerprint density at radius 2 is 2.18 bits per heavy atom. The maximum atomic E-state index is 8.63. The fourth-order valence-corrected chi connectivity index (χ4v) is 2.16. The van der Waals surface area contributed by atoms with Crippen LogP contribution in [0.1, 0.15) is 31.4 Å². The van der Waals surface area contributed by atoms with Crippen molar-refractivity contribution >= 4 is 0 Å². The summed E-state index contributed by atoms with van der Waals surface area (Å²) in [4.78, 5) is 8.02. The molecule has 0 radical (unpaired) electrons. The zero-order chi connectivity index (χ0) is 12.1. The Bertz CT molecular complexity index is 398. The number of nitrogens with zero attached hydrogens (tertiary/aromatic N) is 3. The van der Waals surface area contributed by atoms with E-state index in [9.17, 15) is 0 Å². The van der Waals surface area contributed by atoms with Crippen LogP contribution in [0.2, 0.25) is 0 Å². The Morgan fingerprint density at radius 1 is 1.35 bits per heavy atom. The molecule has 0 amide bonds. The van der Waals surface area contributed by atoms with Crippen LogP contribution in [0, 0.1) is 11.3 Å². The maximum Gasteiger partial charge on any atom is 0.232 e. The number of rotatable bonds is 3. The van der Waals surface area contributed by atoms with Gasteiger partial charge in [0, 0.05) is 6.04 Å². The highest BCUT2D eigenvalue weighted by Crippen LogP contribution is 2.22. The lowest BCUT2D eigenvalue weighted by atomic mass is 9.92. The van der Waals surface area contributed by atoms with Gasteiger partial charge in [-0.1, -0.05) is 6.42 Å². The van der Waals surface area contributed by atoms with Crippen molar-refractivity contribution in [2.75, 3.05) is 7.05 Å². The first-order valence-corrected chi connectivity index (χ1v) is 5.89. The van der Waals surface area contributed by atoms with Crippen molar-refractivity contribution in [3.8, 4) is 11.9 Å². The average molecular weight is 232 g/mol. The Hall–Kier alpha value is -1.67. The summed E-state index contributed by atoms with van der Waals surface area (Å²) in [6.07, 6.45) is 7.69. The Labute approximate surface area is 101 Å². The van der Waals surface area contributed by atoms with E-state index in [0.29, 0.717) is 17.6 Å². The Morgan fingerprint density at radius 3 is 2.82 bits per heavy atom. The van der Waals surface area contributed by atoms with Crippen LogP contribution in [0.5, 0.6) is 5.88 Å². The molecule has 1 aliphatic rings. The molecule has 1 N–H and O–H groups in total. The van der Waals surface area contributed by atoms with E-state index >= 15 is 0 Å². The molecule has 17 heavy (non-hydrogen) atoms. The van der Waals surface area contributed by atoms with E-state index in [0.717, 1.165) is 12.8 Å². The number of hydrogen-bond acceptors (Lipinski definition) is 5. The largest absolute Gasteiger partial charge is 0.472 e. The van der Waals surface area contributed by atoms with E-state index in [4.69, 9.17) is 10.00 Å². The summed E-state index contributed by atoms with van der Waals surface area (Å²) in [6.45, 7) is 0. The van der Waals surface area contributed by atoms with E-state index in [2.05, 4.69) is 15.3 Å². The van der Waals surface area contributed by atoms with E-state index < -0.39 is 0 Å². The minimum absolute atomic E-state index is 0.149. The quantitative estimate of drug-likeness (QED) is 0.849. The first kappa shape index (κ1) is 11.8. The first-order chi connectivity index (χ1) is 8.33. The number of ether oxygens (including phenoxy) is 1. The number of nitrogens with one attached hydrogen (secondary N) is 1. The normalized spacial score (nSPS) is 24.0. The van der Waals surface area contributed by atoms with Gasteiger partial charge in [0.25, 0.3) is 0 Å². The average Bonchev–Trinajstić information content (AvgIpc) is 2.40. The van der Waals surface area contributed by atoms with Crippen molar-refractivity contribution in [1.82, 2.24) is 15.3 Å². The van der Waals surface area contributed by atoms with Crippen molar-refractivity contribution in [3.63, 3.8) is 0 Å². The molecule has 1 aromatic rings. The molecule has 0 aliphatic heterocycles. The summed E-state index contributed by atoms with van der Waals surface area (Å²) in [7, 11) is 1.96. The fourth-order valence-electron chi connectivity index (χ4n) is 2.16. The molecule has 2 rings (SSSR count). The minimum atomic E-state index is 0.149. The molecule has 0 aromatic carbocycles. The van der Waals surface area contributed by atoms with Gasteiger partial charge >= 0.3 is 0 Å². The number of nitriles is 1. The van der Waals surface area contributed by atoms with Crippen LogP contribution < -0.4 is 10.1 Å². The molecule has 1 saturated carbocycles. The zero-order valence-electron chi connectivity index (χ0n) is 9.89. The summed E-state index contributed by atoms with van der Waals surface area (Å²) < 4.78 is 5.81. The van der Waals surface area contributed by atoms with E-state index in [1.807, 2.05) is 13.1 Å². The lowest BCUT2D eigenvalue weighted by Gasteiger charge is -2.30. The third-order valence-electron chi connectivity index (χ3n) is 3.09. The molecule has 1 heterocycles. The highest BCUT2D eigenvalue weighted by Gasteiger charge is 2.25. The molecule has 0 spiro atoms. The highest BCUT2D eigenvalue weighted by atomic mass is 16.5. The molecule has 2 unspecified atom stereocenters. The van der Waals surface area contributed by atoms with Crippen molar-refractivity contribution < 1.29 is 4.74 Å². The molecule has 0 saturated heterocycles. The van der Waals surface area contributed by atoms with Crippen molar-refractivity contribution in [2.24, 2.45) is 0 Å². The van der Waals surface area contributed by atoms with Gasteiger partial charge in [-0.05, 0) is 26.3 Å². The van der Waals surface area contributed by atoms with Crippen LogP contribution in [0.25, 0.3) is 0 Å². The fraction of sp³-hybridized carbons (Fsp3) is 0.583. The third-order valence-corrected chi connectivity index (χ3v) is 3.09. The molecular formula is C12H16N4O. The lowest BCUT2D eigenvalue weighted by molar-refractivity contribution is 0.112. The van der Waals surface area contributed by atoms with Crippen molar-refractivity contribution in [3.05, 3.63) is 18.1 Å². The van der Waals surface area contributed by atoms with E-state index in [1.54, 1.807) is 0 Å². The van der Waals surface area contributed by atoms with Crippen LogP contribution in [0.3, 0.4) is 0 Å². The highest BCUT2D eigenvalue weighted by molar-refractivity contribution is 5.18. The third kappa shape index (κ3) is 2.92. The van der Waals surface area contributed by atoms with Crippen LogP contribution in [-0.4, -0.2) is 29.2 Å². The Balaban J connectivity index is 2.01. The predicted molar refractivity (Wildman–Crippen MR) is 62.5 cm³/mol. The second-order valence-corrected chi connectivity index (χ2v) is 4.19. The molecule has 2 atom stereocenters. The second kappa shape index (κ2) is 5.60. The van der Waals surface area contributed by atoms with Crippen molar-refractivity contribution in [2.45, 2.75) is 37.8 Å².